The van der Waals surface area contributed by atoms with Crippen LogP contribution in [0.5, 0.6) is 0 Å². The van der Waals surface area contributed by atoms with Crippen LogP contribution >= 0.6 is 0 Å². The molecule has 0 fully saturated rings. The number of carbonyl (C=O) groups excluding carboxylic acids is 2. The summed E-state index contributed by atoms with van der Waals surface area (Å²) in [6.07, 6.45) is 4.87. The molecule has 5 nitrogen and oxygen atoms in total. The average molecular weight is 343 g/mol. The van der Waals surface area contributed by atoms with Crippen LogP contribution in [0.25, 0.3) is 0 Å². The standard InChI is InChI=1S/C20H25NO4/c1-3-24-19(22)18(20(23)25-4-2)13-9-10-14-12-21-17-8-6-5-7-15(17)16(14)11-13/h5-10,13-14,16,18,21H,3-4,11-12H2,1-2H3/t13-,14+,16+/m0/s1. The first kappa shape index (κ1) is 17.5. The first-order valence-electron chi connectivity index (χ1n) is 9.00. The fourth-order valence-electron chi connectivity index (χ4n) is 3.90. The molecule has 1 aromatic carbocycles. The molecule has 5 heteroatoms. The molecule has 0 saturated heterocycles. The van der Waals surface area contributed by atoms with E-state index in [1.165, 1.54) is 5.56 Å². The highest BCUT2D eigenvalue weighted by Crippen LogP contribution is 2.44. The van der Waals surface area contributed by atoms with Crippen LogP contribution in [-0.2, 0) is 19.1 Å². The zero-order valence-corrected chi connectivity index (χ0v) is 14.7. The van der Waals surface area contributed by atoms with E-state index in [2.05, 4.69) is 23.5 Å². The minimum atomic E-state index is -0.890. The fraction of sp³-hybridized carbons (Fsp3) is 0.500. The van der Waals surface area contributed by atoms with Gasteiger partial charge in [0.1, 0.15) is 0 Å². The lowest BCUT2D eigenvalue weighted by Crippen LogP contribution is -2.38. The molecule has 0 amide bonds. The van der Waals surface area contributed by atoms with E-state index in [-0.39, 0.29) is 19.1 Å². The van der Waals surface area contributed by atoms with Crippen molar-refractivity contribution >= 4 is 17.6 Å². The quantitative estimate of drug-likeness (QED) is 0.505. The topological polar surface area (TPSA) is 64.6 Å². The number of benzene rings is 1. The third-order valence-corrected chi connectivity index (χ3v) is 5.05. The lowest BCUT2D eigenvalue weighted by Gasteiger charge is -2.38. The van der Waals surface area contributed by atoms with Crippen molar-refractivity contribution in [3.05, 3.63) is 42.0 Å². The summed E-state index contributed by atoms with van der Waals surface area (Å²) in [5.74, 6) is -1.41. The summed E-state index contributed by atoms with van der Waals surface area (Å²) < 4.78 is 10.3. The van der Waals surface area contributed by atoms with Crippen molar-refractivity contribution in [2.45, 2.75) is 26.2 Å². The van der Waals surface area contributed by atoms with Crippen LogP contribution in [0.1, 0.15) is 31.7 Å². The van der Waals surface area contributed by atoms with Gasteiger partial charge in [-0.2, -0.15) is 0 Å². The van der Waals surface area contributed by atoms with Gasteiger partial charge in [-0.25, -0.2) is 0 Å². The molecule has 0 unspecified atom stereocenters. The van der Waals surface area contributed by atoms with Crippen LogP contribution in [0, 0.1) is 17.8 Å². The number of para-hydroxylation sites is 1. The highest BCUT2D eigenvalue weighted by Gasteiger charge is 2.41. The Labute approximate surface area is 148 Å². The third-order valence-electron chi connectivity index (χ3n) is 5.05. The molecule has 3 atom stereocenters. The number of hydrogen-bond acceptors (Lipinski definition) is 5. The molecule has 1 heterocycles. The van der Waals surface area contributed by atoms with Gasteiger partial charge in [-0.05, 0) is 37.8 Å². The average Bonchev–Trinajstić information content (AvgIpc) is 2.62. The maximum Gasteiger partial charge on any atom is 0.320 e. The molecule has 1 aliphatic carbocycles. The summed E-state index contributed by atoms with van der Waals surface area (Å²) in [7, 11) is 0. The van der Waals surface area contributed by atoms with Gasteiger partial charge in [0.05, 0.1) is 13.2 Å². The van der Waals surface area contributed by atoms with Gasteiger partial charge in [0.15, 0.2) is 5.92 Å². The van der Waals surface area contributed by atoms with Crippen molar-refractivity contribution in [3.63, 3.8) is 0 Å². The Morgan fingerprint density at radius 3 is 2.48 bits per heavy atom. The van der Waals surface area contributed by atoms with Crippen LogP contribution in [0.15, 0.2) is 36.4 Å². The highest BCUT2D eigenvalue weighted by atomic mass is 16.6. The number of anilines is 1. The van der Waals surface area contributed by atoms with E-state index in [0.717, 1.165) is 18.7 Å². The largest absolute Gasteiger partial charge is 0.465 e. The molecule has 1 aliphatic heterocycles. The minimum absolute atomic E-state index is 0.203. The normalized spacial score (nSPS) is 24.0. The summed E-state index contributed by atoms with van der Waals surface area (Å²) in [4.78, 5) is 24.8. The minimum Gasteiger partial charge on any atom is -0.465 e. The molecular formula is C20H25NO4. The number of fused-ring (bicyclic) bond motifs is 3. The first-order chi connectivity index (χ1) is 12.2. The number of esters is 2. The Balaban J connectivity index is 1.86. The van der Waals surface area contributed by atoms with Crippen LogP contribution in [0.2, 0.25) is 0 Å². The number of nitrogens with one attached hydrogen (secondary N) is 1. The van der Waals surface area contributed by atoms with E-state index >= 15 is 0 Å². The Morgan fingerprint density at radius 2 is 1.80 bits per heavy atom. The van der Waals surface area contributed by atoms with Crippen molar-refractivity contribution < 1.29 is 19.1 Å². The van der Waals surface area contributed by atoms with Crippen LogP contribution in [0.4, 0.5) is 5.69 Å². The van der Waals surface area contributed by atoms with Gasteiger partial charge in [0.2, 0.25) is 0 Å². The van der Waals surface area contributed by atoms with E-state index in [0.29, 0.717) is 11.8 Å². The molecule has 2 aliphatic rings. The Kier molecular flexibility index (Phi) is 5.41. The molecular weight excluding hydrogens is 318 g/mol. The smallest absolute Gasteiger partial charge is 0.320 e. The maximum absolute atomic E-state index is 12.4. The van der Waals surface area contributed by atoms with Gasteiger partial charge in [-0.15, -0.1) is 0 Å². The zero-order valence-electron chi connectivity index (χ0n) is 14.7. The lowest BCUT2D eigenvalue weighted by molar-refractivity contribution is -0.163. The van der Waals surface area contributed by atoms with Crippen molar-refractivity contribution in [2.24, 2.45) is 17.8 Å². The van der Waals surface area contributed by atoms with Gasteiger partial charge in [0.25, 0.3) is 0 Å². The van der Waals surface area contributed by atoms with Crippen LogP contribution < -0.4 is 5.32 Å². The Hall–Kier alpha value is -2.30. The summed E-state index contributed by atoms with van der Waals surface area (Å²) in [6.45, 7) is 4.87. The molecule has 0 radical (unpaired) electrons. The zero-order chi connectivity index (χ0) is 17.8. The van der Waals surface area contributed by atoms with Gasteiger partial charge >= 0.3 is 11.9 Å². The molecule has 0 spiro atoms. The number of allylic oxidation sites excluding steroid dienone is 1. The first-order valence-corrected chi connectivity index (χ1v) is 9.00. The van der Waals surface area contributed by atoms with E-state index in [9.17, 15) is 9.59 Å². The van der Waals surface area contributed by atoms with Gasteiger partial charge in [0, 0.05) is 24.1 Å². The van der Waals surface area contributed by atoms with Gasteiger partial charge in [-0.3, -0.25) is 9.59 Å². The molecule has 25 heavy (non-hydrogen) atoms. The van der Waals surface area contributed by atoms with E-state index in [1.54, 1.807) is 13.8 Å². The monoisotopic (exact) mass is 343 g/mol. The van der Waals surface area contributed by atoms with Gasteiger partial charge < -0.3 is 14.8 Å². The number of rotatable bonds is 5. The SMILES string of the molecule is CCOC(=O)C(C(=O)OCC)[C@H]1C=C[C@@H]2CNc3ccccc3[C@@H]2C1. The van der Waals surface area contributed by atoms with Crippen molar-refractivity contribution in [1.29, 1.82) is 0 Å². The maximum atomic E-state index is 12.4. The van der Waals surface area contributed by atoms with Crippen molar-refractivity contribution in [2.75, 3.05) is 25.1 Å². The molecule has 1 aromatic rings. The number of ether oxygens (including phenoxy) is 2. The Bertz CT molecular complexity index is 651. The summed E-state index contributed by atoms with van der Waals surface area (Å²) in [6, 6.07) is 8.25. The second-order valence-corrected chi connectivity index (χ2v) is 6.50. The molecule has 1 N–H and O–H groups in total. The molecule has 134 valence electrons. The van der Waals surface area contributed by atoms with E-state index in [1.807, 2.05) is 18.2 Å². The molecule has 0 aromatic heterocycles. The molecule has 0 saturated carbocycles. The summed E-state index contributed by atoms with van der Waals surface area (Å²) in [5, 5.41) is 3.46. The lowest BCUT2D eigenvalue weighted by atomic mass is 9.70. The van der Waals surface area contributed by atoms with Crippen molar-refractivity contribution in [3.8, 4) is 0 Å². The van der Waals surface area contributed by atoms with Crippen molar-refractivity contribution in [1.82, 2.24) is 0 Å². The predicted molar refractivity (Wildman–Crippen MR) is 95.2 cm³/mol. The van der Waals surface area contributed by atoms with E-state index in [4.69, 9.17) is 9.47 Å². The second-order valence-electron chi connectivity index (χ2n) is 6.50. The molecule has 0 bridgehead atoms. The summed E-state index contributed by atoms with van der Waals surface area (Å²) in [5.41, 5.74) is 2.39. The predicted octanol–water partition coefficient (Wildman–Crippen LogP) is 3.13. The van der Waals surface area contributed by atoms with Gasteiger partial charge in [-0.1, -0.05) is 30.4 Å². The summed E-state index contributed by atoms with van der Waals surface area (Å²) >= 11 is 0. The molecule has 3 rings (SSSR count). The van der Waals surface area contributed by atoms with E-state index < -0.39 is 17.9 Å². The number of carbonyl (C=O) groups is 2. The highest BCUT2D eigenvalue weighted by molar-refractivity contribution is 5.95. The second kappa shape index (κ2) is 7.72. The van der Waals surface area contributed by atoms with Crippen LogP contribution in [-0.4, -0.2) is 31.7 Å². The number of hydrogen-bond donors (Lipinski definition) is 1. The third kappa shape index (κ3) is 3.55. The fourth-order valence-corrected chi connectivity index (χ4v) is 3.90. The van der Waals surface area contributed by atoms with Crippen LogP contribution in [0.3, 0.4) is 0 Å². The Morgan fingerprint density at radius 1 is 1.12 bits per heavy atom.